The topological polar surface area (TPSA) is 90.1 Å². The largest absolute Gasteiger partial charge is 0.455 e. The maximum Gasteiger partial charge on any atom is 0.160 e. The highest BCUT2D eigenvalue weighted by atomic mass is 79.9. The number of hydrogen-bond donors (Lipinski definition) is 1. The predicted octanol–water partition coefficient (Wildman–Crippen LogP) is 5.81. The van der Waals surface area contributed by atoms with Crippen LogP contribution >= 0.6 is 39.1 Å². The fourth-order valence-corrected chi connectivity index (χ4v) is 3.49. The van der Waals surface area contributed by atoms with Gasteiger partial charge >= 0.3 is 0 Å². The predicted molar refractivity (Wildman–Crippen MR) is 118 cm³/mol. The van der Waals surface area contributed by atoms with Crippen LogP contribution in [0.25, 0.3) is 16.7 Å². The van der Waals surface area contributed by atoms with Gasteiger partial charge in [-0.3, -0.25) is 0 Å². The third-order valence-corrected chi connectivity index (χ3v) is 5.69. The number of ether oxygens (including phenoxy) is 1. The smallest absolute Gasteiger partial charge is 0.160 e. The van der Waals surface area contributed by atoms with Crippen LogP contribution in [0.2, 0.25) is 10.2 Å². The molecule has 154 valence electrons. The van der Waals surface area contributed by atoms with Gasteiger partial charge in [0.25, 0.3) is 0 Å². The van der Waals surface area contributed by atoms with Gasteiger partial charge in [-0.25, -0.2) is 28.8 Å². The summed E-state index contributed by atoms with van der Waals surface area (Å²) in [6.45, 7) is 0. The van der Waals surface area contributed by atoms with Crippen molar-refractivity contribution >= 4 is 67.3 Å². The Bertz CT molecular complexity index is 1460. The third-order valence-electron chi connectivity index (χ3n) is 4.28. The van der Waals surface area contributed by atoms with Crippen molar-refractivity contribution in [2.24, 2.45) is 0 Å². The van der Waals surface area contributed by atoms with Gasteiger partial charge in [-0.05, 0) is 34.1 Å². The zero-order chi connectivity index (χ0) is 21.5. The maximum atomic E-state index is 14.8. The second-order valence-corrected chi connectivity index (χ2v) is 7.89. The molecule has 0 atom stereocenters. The van der Waals surface area contributed by atoms with E-state index in [9.17, 15) is 4.39 Å². The first-order valence-electron chi connectivity index (χ1n) is 8.68. The van der Waals surface area contributed by atoms with E-state index < -0.39 is 5.82 Å². The van der Waals surface area contributed by atoms with E-state index in [4.69, 9.17) is 27.9 Å². The molecule has 1 aromatic carbocycles. The zero-order valence-corrected chi connectivity index (χ0v) is 18.3. The number of benzene rings is 1. The number of nitrogens with zero attached hydrogens (tertiary/aromatic N) is 6. The van der Waals surface area contributed by atoms with Gasteiger partial charge in [-0.2, -0.15) is 5.10 Å². The molecule has 0 spiro atoms. The van der Waals surface area contributed by atoms with Crippen molar-refractivity contribution in [2.45, 2.75) is 0 Å². The summed E-state index contributed by atoms with van der Waals surface area (Å²) in [6.07, 6.45) is 4.43. The number of fused-ring (bicyclic) bond motifs is 2. The monoisotopic (exact) mass is 519 g/mol. The van der Waals surface area contributed by atoms with Gasteiger partial charge in [0.1, 0.15) is 40.6 Å². The van der Waals surface area contributed by atoms with Crippen LogP contribution in [0.3, 0.4) is 0 Å². The summed E-state index contributed by atoms with van der Waals surface area (Å²) >= 11 is 15.7. The van der Waals surface area contributed by atoms with Gasteiger partial charge in [0.15, 0.2) is 11.5 Å². The molecule has 0 radical (unpaired) electrons. The minimum Gasteiger partial charge on any atom is -0.455 e. The molecule has 0 aliphatic carbocycles. The minimum absolute atomic E-state index is 0.0890. The molecule has 0 aliphatic rings. The standard InChI is InChI=1S/C19H9BrCl2FN7O/c20-10-4-14-17(29-18(10)22)19(26-7-24-14)28-13-5-11(21)15(6-12(13)23)31-9-1-2-30-16(3-9)25-8-27-30/h1-8H,(H,24,26,28). The zero-order valence-electron chi connectivity index (χ0n) is 15.2. The first-order valence-corrected chi connectivity index (χ1v) is 10.2. The molecule has 4 aromatic heterocycles. The molecule has 8 nitrogen and oxygen atoms in total. The van der Waals surface area contributed by atoms with Gasteiger partial charge in [0.05, 0.1) is 20.7 Å². The summed E-state index contributed by atoms with van der Waals surface area (Å²) in [5.74, 6) is 0.262. The molecule has 0 saturated heterocycles. The lowest BCUT2D eigenvalue weighted by Gasteiger charge is -2.13. The molecule has 1 N–H and O–H groups in total. The third kappa shape index (κ3) is 3.85. The lowest BCUT2D eigenvalue weighted by atomic mass is 10.2. The number of pyridine rings is 2. The summed E-state index contributed by atoms with van der Waals surface area (Å²) in [7, 11) is 0. The Hall–Kier alpha value is -3.08. The molecule has 0 bridgehead atoms. The van der Waals surface area contributed by atoms with Crippen LogP contribution in [0, 0.1) is 5.82 Å². The minimum atomic E-state index is -0.599. The number of hydrogen-bond acceptors (Lipinski definition) is 7. The van der Waals surface area contributed by atoms with E-state index >= 15 is 0 Å². The number of nitrogens with one attached hydrogen (secondary N) is 1. The van der Waals surface area contributed by atoms with E-state index in [2.05, 4.69) is 46.3 Å². The van der Waals surface area contributed by atoms with E-state index in [1.807, 2.05) is 0 Å². The highest BCUT2D eigenvalue weighted by molar-refractivity contribution is 9.10. The van der Waals surface area contributed by atoms with E-state index in [0.717, 1.165) is 0 Å². The first-order chi connectivity index (χ1) is 15.0. The molecule has 31 heavy (non-hydrogen) atoms. The molecule has 0 aliphatic heterocycles. The molecule has 0 unspecified atom stereocenters. The second-order valence-electron chi connectivity index (χ2n) is 6.27. The molecule has 12 heteroatoms. The van der Waals surface area contributed by atoms with Crippen molar-refractivity contribution in [1.29, 1.82) is 0 Å². The fourth-order valence-electron chi connectivity index (χ4n) is 2.85. The SMILES string of the molecule is Fc1cc(Oc2ccn3ncnc3c2)c(Cl)cc1Nc1ncnc2cc(Br)c(Cl)nc12. The van der Waals surface area contributed by atoms with E-state index in [1.54, 1.807) is 28.9 Å². The van der Waals surface area contributed by atoms with Crippen molar-refractivity contribution in [3.8, 4) is 11.5 Å². The Morgan fingerprint density at radius 1 is 1.06 bits per heavy atom. The fraction of sp³-hybridized carbons (Fsp3) is 0. The van der Waals surface area contributed by atoms with Crippen molar-refractivity contribution < 1.29 is 9.13 Å². The van der Waals surface area contributed by atoms with Crippen LogP contribution in [0.5, 0.6) is 11.5 Å². The van der Waals surface area contributed by atoms with E-state index in [1.165, 1.54) is 24.8 Å². The van der Waals surface area contributed by atoms with Gasteiger partial charge in [-0.15, -0.1) is 0 Å². The Morgan fingerprint density at radius 3 is 2.81 bits per heavy atom. The van der Waals surface area contributed by atoms with E-state index in [0.29, 0.717) is 26.9 Å². The number of aromatic nitrogens is 6. The summed E-state index contributed by atoms with van der Waals surface area (Å²) < 4.78 is 22.7. The Kier molecular flexibility index (Phi) is 5.05. The Labute approximate surface area is 192 Å². The Balaban J connectivity index is 1.47. The number of halogens is 4. The van der Waals surface area contributed by atoms with Crippen LogP contribution in [0.4, 0.5) is 15.9 Å². The van der Waals surface area contributed by atoms with Crippen molar-refractivity contribution in [2.75, 3.05) is 5.32 Å². The van der Waals surface area contributed by atoms with Crippen molar-refractivity contribution in [3.05, 3.63) is 69.6 Å². The van der Waals surface area contributed by atoms with Crippen molar-refractivity contribution in [1.82, 2.24) is 29.5 Å². The van der Waals surface area contributed by atoms with Crippen LogP contribution in [-0.4, -0.2) is 29.5 Å². The van der Waals surface area contributed by atoms with Gasteiger partial charge in [0, 0.05) is 18.3 Å². The molecule has 0 fully saturated rings. The Morgan fingerprint density at radius 2 is 1.94 bits per heavy atom. The first kappa shape index (κ1) is 19.9. The maximum absolute atomic E-state index is 14.8. The van der Waals surface area contributed by atoms with Crippen LogP contribution < -0.4 is 10.1 Å². The summed E-state index contributed by atoms with van der Waals surface area (Å²) in [4.78, 5) is 16.6. The van der Waals surface area contributed by atoms with Crippen LogP contribution in [0.15, 0.2) is 53.7 Å². The van der Waals surface area contributed by atoms with Gasteiger partial charge < -0.3 is 10.1 Å². The molecule has 5 aromatic rings. The summed E-state index contributed by atoms with van der Waals surface area (Å²) in [5.41, 5.74) is 1.59. The van der Waals surface area contributed by atoms with E-state index in [-0.39, 0.29) is 27.4 Å². The lowest BCUT2D eigenvalue weighted by molar-refractivity contribution is 0.477. The normalized spacial score (nSPS) is 11.2. The second kappa shape index (κ2) is 7.88. The lowest BCUT2D eigenvalue weighted by Crippen LogP contribution is -2.00. The van der Waals surface area contributed by atoms with Gasteiger partial charge in [0.2, 0.25) is 0 Å². The molecular formula is C19H9BrCl2FN7O. The summed E-state index contributed by atoms with van der Waals surface area (Å²) in [5, 5.41) is 7.33. The van der Waals surface area contributed by atoms with Gasteiger partial charge in [-0.1, -0.05) is 23.2 Å². The molecule has 5 rings (SSSR count). The van der Waals surface area contributed by atoms with Crippen LogP contribution in [-0.2, 0) is 0 Å². The van der Waals surface area contributed by atoms with Crippen molar-refractivity contribution in [3.63, 3.8) is 0 Å². The highest BCUT2D eigenvalue weighted by Crippen LogP contribution is 2.36. The number of rotatable bonds is 4. The highest BCUT2D eigenvalue weighted by Gasteiger charge is 2.15. The van der Waals surface area contributed by atoms with Crippen LogP contribution in [0.1, 0.15) is 0 Å². The molecular weight excluding hydrogens is 512 g/mol. The summed E-state index contributed by atoms with van der Waals surface area (Å²) in [6, 6.07) is 7.61. The average Bonchev–Trinajstić information content (AvgIpc) is 3.21. The molecule has 4 heterocycles. The molecule has 0 amide bonds. The number of anilines is 2. The quantitative estimate of drug-likeness (QED) is 0.299. The average molecular weight is 521 g/mol. The molecule has 0 saturated carbocycles.